The number of piperidine rings is 1. The molecular weight excluding hydrogens is 454 g/mol. The second-order valence-electron chi connectivity index (χ2n) is 9.50. The van der Waals surface area contributed by atoms with Gasteiger partial charge in [-0.1, -0.05) is 74.5 Å². The molecule has 1 aromatic carbocycles. The van der Waals surface area contributed by atoms with E-state index in [1.54, 1.807) is 16.3 Å². The molecular formula is C29H38N3O2S+. The summed E-state index contributed by atoms with van der Waals surface area (Å²) in [6, 6.07) is 8.99. The highest BCUT2D eigenvalue weighted by Gasteiger charge is 2.39. The third kappa shape index (κ3) is 6.62. The molecule has 2 aliphatic heterocycles. The quantitative estimate of drug-likeness (QED) is 0.311. The minimum Gasteiger partial charge on any atom is -0.351 e. The van der Waals surface area contributed by atoms with Gasteiger partial charge in [0.15, 0.2) is 0 Å². The molecule has 2 atom stereocenters. The number of rotatable bonds is 9. The number of aryl methyl sites for hydroxylation is 1. The lowest BCUT2D eigenvalue weighted by Gasteiger charge is -2.35. The largest absolute Gasteiger partial charge is 0.426 e. The lowest BCUT2D eigenvalue weighted by molar-refractivity contribution is -0.434. The molecule has 1 aliphatic carbocycles. The Balaban J connectivity index is 1.39. The number of hydrogen-bond acceptors (Lipinski definition) is 4. The van der Waals surface area contributed by atoms with Crippen LogP contribution in [0.25, 0.3) is 6.08 Å². The second kappa shape index (κ2) is 12.5. The minimum atomic E-state index is -0.102. The number of thioether (sulfide) groups is 1. The topological polar surface area (TPSA) is 52.4 Å². The van der Waals surface area contributed by atoms with Crippen molar-refractivity contribution >= 4 is 35.4 Å². The SMILES string of the molecule is CCc1ccc(/C=C2/SC3C=CC=CC3=[N+](CC(=O)NCCCN3CCCCC3CC)C2=O)cc1. The molecule has 0 radical (unpaired) electrons. The number of amides is 2. The van der Waals surface area contributed by atoms with Gasteiger partial charge in [-0.15, -0.1) is 4.58 Å². The first kappa shape index (κ1) is 25.6. The van der Waals surface area contributed by atoms with E-state index in [4.69, 9.17) is 0 Å². The number of nitrogens with zero attached hydrogens (tertiary/aromatic N) is 2. The lowest BCUT2D eigenvalue weighted by atomic mass is 10.00. The standard InChI is InChI=1S/C29H37N3O2S/c1-3-22-13-15-23(16-14-22)20-27-29(34)32(25-11-5-6-12-26(25)35-27)21-28(33)30-17-9-19-31-18-8-7-10-24(31)4-2/h5-6,11-16,20,24,26H,3-4,7-10,17-19,21H2,1-2H3/p+1/b27-20+. The number of carbonyl (C=O) groups excluding carboxylic acids is 2. The first-order valence-corrected chi connectivity index (χ1v) is 14.0. The van der Waals surface area contributed by atoms with Gasteiger partial charge in [0.1, 0.15) is 10.2 Å². The Bertz CT molecular complexity index is 1040. The molecule has 5 nitrogen and oxygen atoms in total. The highest BCUT2D eigenvalue weighted by molar-refractivity contribution is 8.05. The Hall–Kier alpha value is -2.44. The Labute approximate surface area is 214 Å². The van der Waals surface area contributed by atoms with E-state index in [0.717, 1.165) is 30.7 Å². The fourth-order valence-electron chi connectivity index (χ4n) is 5.08. The number of nitrogens with one attached hydrogen (secondary N) is 1. The van der Waals surface area contributed by atoms with Crippen LogP contribution in [0.1, 0.15) is 57.1 Å². The van der Waals surface area contributed by atoms with Gasteiger partial charge in [-0.05, 0) is 55.9 Å². The van der Waals surface area contributed by atoms with Crippen molar-refractivity contribution in [2.24, 2.45) is 0 Å². The highest BCUT2D eigenvalue weighted by atomic mass is 32.2. The van der Waals surface area contributed by atoms with Crippen LogP contribution in [0.2, 0.25) is 0 Å². The van der Waals surface area contributed by atoms with Gasteiger partial charge in [0.25, 0.3) is 5.91 Å². The number of likely N-dealkylation sites (tertiary alicyclic amines) is 1. The van der Waals surface area contributed by atoms with Crippen molar-refractivity contribution in [3.05, 3.63) is 64.6 Å². The predicted octanol–water partition coefficient (Wildman–Crippen LogP) is 4.58. The smallest absolute Gasteiger partial charge is 0.351 e. The Kier molecular flexibility index (Phi) is 9.16. The fourth-order valence-corrected chi connectivity index (χ4v) is 6.26. The molecule has 4 rings (SSSR count). The van der Waals surface area contributed by atoms with Crippen molar-refractivity contribution in [1.82, 2.24) is 10.2 Å². The molecule has 1 fully saturated rings. The normalized spacial score (nSPS) is 23.6. The molecule has 1 N–H and O–H groups in total. The summed E-state index contributed by atoms with van der Waals surface area (Å²) in [6.07, 6.45) is 17.0. The number of fused-ring (bicyclic) bond motifs is 1. The fraction of sp³-hybridized carbons (Fsp3) is 0.483. The van der Waals surface area contributed by atoms with Crippen molar-refractivity contribution in [3.8, 4) is 0 Å². The van der Waals surface area contributed by atoms with E-state index in [-0.39, 0.29) is 23.6 Å². The Morgan fingerprint density at radius 3 is 2.80 bits per heavy atom. The van der Waals surface area contributed by atoms with E-state index < -0.39 is 0 Å². The summed E-state index contributed by atoms with van der Waals surface area (Å²) in [5, 5.41) is 3.09. The molecule has 1 saturated heterocycles. The van der Waals surface area contributed by atoms with Gasteiger partial charge < -0.3 is 10.2 Å². The summed E-state index contributed by atoms with van der Waals surface area (Å²) < 4.78 is 1.65. The minimum absolute atomic E-state index is 0.0387. The van der Waals surface area contributed by atoms with Gasteiger partial charge in [-0.25, -0.2) is 4.79 Å². The second-order valence-corrected chi connectivity index (χ2v) is 10.7. The maximum Gasteiger partial charge on any atom is 0.426 e. The summed E-state index contributed by atoms with van der Waals surface area (Å²) in [4.78, 5) is 29.5. The first-order chi connectivity index (χ1) is 17.1. The molecule has 35 heavy (non-hydrogen) atoms. The number of benzene rings is 1. The Morgan fingerprint density at radius 2 is 2.03 bits per heavy atom. The monoisotopic (exact) mass is 492 g/mol. The van der Waals surface area contributed by atoms with E-state index in [0.29, 0.717) is 17.5 Å². The molecule has 1 aromatic rings. The maximum absolute atomic E-state index is 13.4. The first-order valence-electron chi connectivity index (χ1n) is 13.1. The van der Waals surface area contributed by atoms with E-state index in [9.17, 15) is 9.59 Å². The summed E-state index contributed by atoms with van der Waals surface area (Å²) in [5.41, 5.74) is 3.16. The lowest BCUT2D eigenvalue weighted by Crippen LogP contribution is -2.44. The zero-order chi connectivity index (χ0) is 24.6. The molecule has 0 bridgehead atoms. The van der Waals surface area contributed by atoms with Crippen molar-refractivity contribution in [2.75, 3.05) is 26.2 Å². The van der Waals surface area contributed by atoms with Crippen molar-refractivity contribution in [3.63, 3.8) is 0 Å². The van der Waals surface area contributed by atoms with Crippen molar-refractivity contribution < 1.29 is 14.2 Å². The molecule has 2 amide bonds. The van der Waals surface area contributed by atoms with E-state index in [1.165, 1.54) is 37.8 Å². The van der Waals surface area contributed by atoms with Crippen LogP contribution in [0.15, 0.2) is 53.5 Å². The molecule has 0 spiro atoms. The van der Waals surface area contributed by atoms with Crippen LogP contribution in [-0.4, -0.2) is 64.5 Å². The maximum atomic E-state index is 13.4. The predicted molar refractivity (Wildman–Crippen MR) is 146 cm³/mol. The number of hydrogen-bond donors (Lipinski definition) is 1. The molecule has 3 aliphatic rings. The van der Waals surface area contributed by atoms with Crippen LogP contribution in [-0.2, 0) is 16.0 Å². The third-order valence-corrected chi connectivity index (χ3v) is 8.33. The van der Waals surface area contributed by atoms with Gasteiger partial charge in [0, 0.05) is 25.2 Å². The molecule has 186 valence electrons. The van der Waals surface area contributed by atoms with Crippen LogP contribution < -0.4 is 5.32 Å². The van der Waals surface area contributed by atoms with Crippen molar-refractivity contribution in [2.45, 2.75) is 63.7 Å². The van der Waals surface area contributed by atoms with Gasteiger partial charge in [-0.2, -0.15) is 0 Å². The van der Waals surface area contributed by atoms with E-state index in [2.05, 4.69) is 54.4 Å². The third-order valence-electron chi connectivity index (χ3n) is 7.13. The number of allylic oxidation sites excluding steroid dienone is 3. The molecule has 2 unspecified atom stereocenters. The van der Waals surface area contributed by atoms with Gasteiger partial charge in [0.05, 0.1) is 0 Å². The van der Waals surface area contributed by atoms with Crippen LogP contribution in [0.5, 0.6) is 0 Å². The van der Waals surface area contributed by atoms with Crippen molar-refractivity contribution in [1.29, 1.82) is 0 Å². The van der Waals surface area contributed by atoms with E-state index in [1.807, 2.05) is 24.3 Å². The van der Waals surface area contributed by atoms with Crippen LogP contribution >= 0.6 is 11.8 Å². The van der Waals surface area contributed by atoms with Gasteiger partial charge >= 0.3 is 5.91 Å². The molecule has 0 saturated carbocycles. The average molecular weight is 493 g/mol. The summed E-state index contributed by atoms with van der Waals surface area (Å²) in [5.74, 6) is -0.202. The van der Waals surface area contributed by atoms with Crippen LogP contribution in [0.3, 0.4) is 0 Å². The van der Waals surface area contributed by atoms with Gasteiger partial charge in [0.2, 0.25) is 12.3 Å². The zero-order valence-corrected chi connectivity index (χ0v) is 21.9. The summed E-state index contributed by atoms with van der Waals surface area (Å²) in [6.45, 7) is 7.28. The molecule has 6 heteroatoms. The molecule has 0 aromatic heterocycles. The summed E-state index contributed by atoms with van der Waals surface area (Å²) in [7, 11) is 0. The zero-order valence-electron chi connectivity index (χ0n) is 21.0. The summed E-state index contributed by atoms with van der Waals surface area (Å²) >= 11 is 1.56. The van der Waals surface area contributed by atoms with E-state index >= 15 is 0 Å². The average Bonchev–Trinajstić information content (AvgIpc) is 2.89. The van der Waals surface area contributed by atoms with Crippen LogP contribution in [0.4, 0.5) is 0 Å². The van der Waals surface area contributed by atoms with Gasteiger partial charge in [-0.3, -0.25) is 4.79 Å². The molecule has 2 heterocycles. The Morgan fingerprint density at radius 1 is 1.20 bits per heavy atom. The number of carbonyl (C=O) groups is 2. The highest BCUT2D eigenvalue weighted by Crippen LogP contribution is 2.33. The van der Waals surface area contributed by atoms with Crippen LogP contribution in [0, 0.1) is 0 Å².